The Labute approximate surface area is 234 Å². The molecule has 0 bridgehead atoms. The molecule has 38 heavy (non-hydrogen) atoms. The SMILES string of the molecule is C=CC(=C)CN1CCN(C(=O)/C=C2\N\C2=C(/C=C)OC2CCC(C3CCC(OC)CC3)CC2)CC1.C=CCl. The van der Waals surface area contributed by atoms with Crippen LogP contribution < -0.4 is 5.32 Å². The van der Waals surface area contributed by atoms with Crippen LogP contribution >= 0.6 is 11.6 Å². The lowest BCUT2D eigenvalue weighted by Gasteiger charge is -2.37. The number of hydrogen-bond donors (Lipinski definition) is 1. The van der Waals surface area contributed by atoms with Gasteiger partial charge in [-0.05, 0) is 80.4 Å². The van der Waals surface area contributed by atoms with Gasteiger partial charge < -0.3 is 19.7 Å². The Morgan fingerprint density at radius 3 is 2.00 bits per heavy atom. The topological polar surface area (TPSA) is 64.0 Å². The second-order valence-electron chi connectivity index (χ2n) is 10.7. The van der Waals surface area contributed by atoms with Crippen molar-refractivity contribution in [2.24, 2.45) is 11.8 Å². The van der Waals surface area contributed by atoms with Gasteiger partial charge in [-0.3, -0.25) is 9.69 Å². The molecule has 0 aromatic carbocycles. The molecule has 210 valence electrons. The normalized spacial score (nSPS) is 29.7. The predicted molar refractivity (Wildman–Crippen MR) is 156 cm³/mol. The quantitative estimate of drug-likeness (QED) is 0.169. The summed E-state index contributed by atoms with van der Waals surface area (Å²) in [5.74, 6) is 2.51. The van der Waals surface area contributed by atoms with Gasteiger partial charge in [0.2, 0.25) is 5.91 Å². The summed E-state index contributed by atoms with van der Waals surface area (Å²) in [6, 6.07) is 0. The van der Waals surface area contributed by atoms with E-state index in [9.17, 15) is 4.79 Å². The number of amides is 1. The minimum absolute atomic E-state index is 0.0526. The van der Waals surface area contributed by atoms with E-state index in [0.29, 0.717) is 6.10 Å². The second-order valence-corrected chi connectivity index (χ2v) is 11.0. The fourth-order valence-electron chi connectivity index (χ4n) is 5.96. The first-order valence-electron chi connectivity index (χ1n) is 14.0. The van der Waals surface area contributed by atoms with Crippen molar-refractivity contribution in [2.75, 3.05) is 39.8 Å². The van der Waals surface area contributed by atoms with Gasteiger partial charge in [-0.2, -0.15) is 0 Å². The molecule has 2 heterocycles. The highest BCUT2D eigenvalue weighted by molar-refractivity contribution is 6.25. The summed E-state index contributed by atoms with van der Waals surface area (Å²) in [5.41, 5.74) is 4.01. The first kappa shape index (κ1) is 30.3. The largest absolute Gasteiger partial charge is 0.488 e. The number of rotatable bonds is 9. The van der Waals surface area contributed by atoms with Crippen molar-refractivity contribution < 1.29 is 14.3 Å². The minimum Gasteiger partial charge on any atom is -0.488 e. The van der Waals surface area contributed by atoms with Gasteiger partial charge >= 0.3 is 0 Å². The highest BCUT2D eigenvalue weighted by Crippen LogP contribution is 2.40. The van der Waals surface area contributed by atoms with Crippen molar-refractivity contribution in [3.63, 3.8) is 0 Å². The van der Waals surface area contributed by atoms with Gasteiger partial charge in [0.1, 0.15) is 11.5 Å². The number of piperazine rings is 1. The van der Waals surface area contributed by atoms with Crippen LogP contribution in [-0.2, 0) is 14.3 Å². The third-order valence-corrected chi connectivity index (χ3v) is 8.30. The van der Waals surface area contributed by atoms with Gasteiger partial charge in [-0.15, -0.1) is 0 Å². The van der Waals surface area contributed by atoms with Gasteiger partial charge in [-0.25, -0.2) is 0 Å². The number of nitrogens with one attached hydrogen (secondary N) is 1. The Bertz CT molecular complexity index is 903. The van der Waals surface area contributed by atoms with Crippen LogP contribution in [0, 0.1) is 11.8 Å². The Hall–Kier alpha value is -2.28. The Morgan fingerprint density at radius 1 is 0.947 bits per heavy atom. The van der Waals surface area contributed by atoms with E-state index in [-0.39, 0.29) is 12.0 Å². The van der Waals surface area contributed by atoms with Crippen molar-refractivity contribution in [2.45, 2.75) is 63.6 Å². The molecule has 0 aromatic rings. The summed E-state index contributed by atoms with van der Waals surface area (Å²) < 4.78 is 11.9. The van der Waals surface area contributed by atoms with Gasteiger partial charge in [0.05, 0.1) is 17.9 Å². The molecule has 2 aliphatic heterocycles. The van der Waals surface area contributed by atoms with E-state index in [1.165, 1.54) is 44.1 Å². The van der Waals surface area contributed by atoms with E-state index in [1.807, 2.05) is 12.0 Å². The van der Waals surface area contributed by atoms with Crippen molar-refractivity contribution in [1.82, 2.24) is 15.1 Å². The van der Waals surface area contributed by atoms with Gasteiger partial charge in [-0.1, -0.05) is 44.0 Å². The number of allylic oxidation sites excluding steroid dienone is 1. The van der Waals surface area contributed by atoms with Gasteiger partial charge in [0.25, 0.3) is 0 Å². The summed E-state index contributed by atoms with van der Waals surface area (Å²) in [5, 5.41) is 3.24. The predicted octanol–water partition coefficient (Wildman–Crippen LogP) is 5.91. The molecule has 2 saturated heterocycles. The van der Waals surface area contributed by atoms with E-state index in [1.54, 1.807) is 18.2 Å². The molecular weight excluding hydrogens is 498 g/mol. The average Bonchev–Trinajstić information content (AvgIpc) is 3.71. The van der Waals surface area contributed by atoms with E-state index in [4.69, 9.17) is 21.1 Å². The van der Waals surface area contributed by atoms with Crippen LogP contribution in [0.1, 0.15) is 51.4 Å². The van der Waals surface area contributed by atoms with Crippen molar-refractivity contribution in [3.05, 3.63) is 72.8 Å². The Morgan fingerprint density at radius 2 is 1.50 bits per heavy atom. The van der Waals surface area contributed by atoms with Crippen LogP contribution in [0.4, 0.5) is 0 Å². The monoisotopic (exact) mass is 543 g/mol. The minimum atomic E-state index is 0.0526. The van der Waals surface area contributed by atoms with Gasteiger partial charge in [0.15, 0.2) is 0 Å². The van der Waals surface area contributed by atoms with Gasteiger partial charge in [0, 0.05) is 45.9 Å². The van der Waals surface area contributed by atoms with E-state index in [0.717, 1.165) is 80.1 Å². The maximum Gasteiger partial charge on any atom is 0.248 e. The molecule has 7 heteroatoms. The third kappa shape index (κ3) is 8.89. The molecule has 0 spiro atoms. The molecule has 4 aliphatic rings. The molecule has 0 aromatic heterocycles. The van der Waals surface area contributed by atoms with E-state index in [2.05, 4.69) is 36.5 Å². The Kier molecular flexibility index (Phi) is 12.2. The summed E-state index contributed by atoms with van der Waals surface area (Å²) in [6.45, 7) is 18.8. The number of ether oxygens (including phenoxy) is 2. The van der Waals surface area contributed by atoms with Crippen LogP contribution in [-0.4, -0.2) is 67.7 Å². The van der Waals surface area contributed by atoms with E-state index < -0.39 is 0 Å². The molecule has 0 atom stereocenters. The summed E-state index contributed by atoms with van der Waals surface area (Å²) in [6.07, 6.45) is 15.7. The highest BCUT2D eigenvalue weighted by Gasteiger charge is 2.33. The molecule has 0 radical (unpaired) electrons. The molecule has 1 amide bonds. The smallest absolute Gasteiger partial charge is 0.248 e. The number of hydrogen-bond acceptors (Lipinski definition) is 5. The fourth-order valence-corrected chi connectivity index (χ4v) is 5.96. The van der Waals surface area contributed by atoms with Crippen LogP contribution in [0.2, 0.25) is 0 Å². The van der Waals surface area contributed by atoms with Crippen LogP contribution in [0.5, 0.6) is 0 Å². The molecule has 4 fully saturated rings. The van der Waals surface area contributed by atoms with Crippen LogP contribution in [0.25, 0.3) is 0 Å². The van der Waals surface area contributed by atoms with E-state index >= 15 is 0 Å². The molecule has 1 N–H and O–H groups in total. The molecule has 2 saturated carbocycles. The lowest BCUT2D eigenvalue weighted by molar-refractivity contribution is -0.127. The first-order valence-corrected chi connectivity index (χ1v) is 14.4. The molecule has 4 rings (SSSR count). The summed E-state index contributed by atoms with van der Waals surface area (Å²) in [4.78, 5) is 17.0. The zero-order chi connectivity index (χ0) is 27.5. The van der Waals surface area contributed by atoms with Crippen molar-refractivity contribution in [1.29, 1.82) is 0 Å². The van der Waals surface area contributed by atoms with Crippen molar-refractivity contribution >= 4 is 17.5 Å². The second kappa shape index (κ2) is 15.3. The third-order valence-electron chi connectivity index (χ3n) is 8.30. The van der Waals surface area contributed by atoms with Crippen LogP contribution in [0.15, 0.2) is 72.8 Å². The number of methoxy groups -OCH3 is 1. The average molecular weight is 544 g/mol. The summed E-state index contributed by atoms with van der Waals surface area (Å²) in [7, 11) is 1.84. The standard InChI is InChI=1S/C29H43N3O3.C2H3Cl/c1-5-21(3)20-31-15-17-32(18-16-31)28(33)19-26-29(30-26)27(6-2)35-25-13-9-23(10-14-25)22-7-11-24(34-4)12-8-22;1-2-3/h5-6,19,22-25,30H,1-3,7-18,20H2,4H3;2H,1H2/b26-19-,29-27+;. The number of halogens is 1. The van der Waals surface area contributed by atoms with Crippen LogP contribution in [0.3, 0.4) is 0 Å². The zero-order valence-corrected chi connectivity index (χ0v) is 23.9. The lowest BCUT2D eigenvalue weighted by atomic mass is 9.72. The number of carbonyl (C=O) groups is 1. The first-order chi connectivity index (χ1) is 18.4. The molecule has 0 unspecified atom stereocenters. The molecule has 6 nitrogen and oxygen atoms in total. The fraction of sp³-hybridized carbons (Fsp3) is 0.581. The molecular formula is C31H46ClN3O3. The maximum absolute atomic E-state index is 12.8. The number of nitrogens with zero attached hydrogens (tertiary/aromatic N) is 2. The van der Waals surface area contributed by atoms with Crippen molar-refractivity contribution in [3.8, 4) is 0 Å². The zero-order valence-electron chi connectivity index (χ0n) is 23.1. The lowest BCUT2D eigenvalue weighted by Crippen LogP contribution is -2.48. The Balaban J connectivity index is 0.00000127. The highest BCUT2D eigenvalue weighted by atomic mass is 35.5. The number of carbonyl (C=O) groups excluding carboxylic acids is 1. The summed E-state index contributed by atoms with van der Waals surface area (Å²) >= 11 is 4.76. The molecule has 2 aliphatic carbocycles. The maximum atomic E-state index is 12.8.